The first-order chi connectivity index (χ1) is 8.65. The van der Waals surface area contributed by atoms with Crippen molar-refractivity contribution < 1.29 is 9.59 Å². The normalized spacial score (nSPS) is 19.2. The van der Waals surface area contributed by atoms with E-state index < -0.39 is 0 Å². The minimum Gasteiger partial charge on any atom is -0.355 e. The third-order valence-electron chi connectivity index (χ3n) is 3.02. The van der Waals surface area contributed by atoms with Crippen molar-refractivity contribution in [2.45, 2.75) is 19.4 Å². The summed E-state index contributed by atoms with van der Waals surface area (Å²) in [5, 5.41) is 5.61. The van der Waals surface area contributed by atoms with Crippen molar-refractivity contribution in [2.24, 2.45) is 5.92 Å². The topological polar surface area (TPSA) is 58.2 Å². The lowest BCUT2D eigenvalue weighted by molar-refractivity contribution is -0.129. The van der Waals surface area contributed by atoms with Gasteiger partial charge in [-0.15, -0.1) is 0 Å². The van der Waals surface area contributed by atoms with E-state index in [1.165, 1.54) is 0 Å². The maximum absolute atomic E-state index is 11.9. The second-order valence-corrected chi connectivity index (χ2v) is 5.30. The monoisotopic (exact) mass is 310 g/mol. The summed E-state index contributed by atoms with van der Waals surface area (Å²) in [4.78, 5) is 22.9. The fourth-order valence-corrected chi connectivity index (χ4v) is 2.16. The standard InChI is InChI=1S/C13H15BrN2O2/c14-11-4-1-9(2-5-11)7-16-13(18)10-3-6-12(17)15-8-10/h1-2,4-5,10H,3,6-8H2,(H,15,17)(H,16,18). The van der Waals surface area contributed by atoms with Gasteiger partial charge in [0.2, 0.25) is 11.8 Å². The number of amides is 2. The molecule has 0 saturated carbocycles. The zero-order chi connectivity index (χ0) is 13.0. The van der Waals surface area contributed by atoms with Crippen molar-refractivity contribution in [3.05, 3.63) is 34.3 Å². The Hall–Kier alpha value is -1.36. The number of nitrogens with one attached hydrogen (secondary N) is 2. The zero-order valence-electron chi connectivity index (χ0n) is 9.91. The van der Waals surface area contributed by atoms with Crippen LogP contribution in [0.4, 0.5) is 0 Å². The van der Waals surface area contributed by atoms with Gasteiger partial charge in [-0.1, -0.05) is 28.1 Å². The molecule has 0 aliphatic carbocycles. The van der Waals surface area contributed by atoms with E-state index in [9.17, 15) is 9.59 Å². The first-order valence-corrected chi connectivity index (χ1v) is 6.73. The fourth-order valence-electron chi connectivity index (χ4n) is 1.89. The average molecular weight is 311 g/mol. The van der Waals surface area contributed by atoms with Crippen LogP contribution in [0.3, 0.4) is 0 Å². The van der Waals surface area contributed by atoms with Gasteiger partial charge in [-0.05, 0) is 24.1 Å². The van der Waals surface area contributed by atoms with E-state index in [2.05, 4.69) is 26.6 Å². The van der Waals surface area contributed by atoms with E-state index in [-0.39, 0.29) is 17.7 Å². The van der Waals surface area contributed by atoms with Crippen LogP contribution in [0.25, 0.3) is 0 Å². The summed E-state index contributed by atoms with van der Waals surface area (Å²) in [7, 11) is 0. The highest BCUT2D eigenvalue weighted by Gasteiger charge is 2.23. The molecule has 96 valence electrons. The molecule has 0 radical (unpaired) electrons. The summed E-state index contributed by atoms with van der Waals surface area (Å²) < 4.78 is 1.02. The van der Waals surface area contributed by atoms with Gasteiger partial charge in [0.1, 0.15) is 0 Å². The summed E-state index contributed by atoms with van der Waals surface area (Å²) in [6, 6.07) is 7.82. The van der Waals surface area contributed by atoms with Gasteiger partial charge in [0, 0.05) is 24.0 Å². The third kappa shape index (κ3) is 3.57. The molecule has 1 aliphatic heterocycles. The molecule has 1 aliphatic rings. The Bertz CT molecular complexity index is 435. The molecule has 0 aromatic heterocycles. The van der Waals surface area contributed by atoms with Crippen LogP contribution in [0, 0.1) is 5.92 Å². The summed E-state index contributed by atoms with van der Waals surface area (Å²) in [6.45, 7) is 0.974. The summed E-state index contributed by atoms with van der Waals surface area (Å²) in [6.07, 6.45) is 1.08. The van der Waals surface area contributed by atoms with Crippen molar-refractivity contribution in [3.63, 3.8) is 0 Å². The van der Waals surface area contributed by atoms with E-state index in [1.807, 2.05) is 24.3 Å². The van der Waals surface area contributed by atoms with Crippen molar-refractivity contribution in [1.82, 2.24) is 10.6 Å². The van der Waals surface area contributed by atoms with Crippen LogP contribution in [0.5, 0.6) is 0 Å². The lowest BCUT2D eigenvalue weighted by Gasteiger charge is -2.21. The van der Waals surface area contributed by atoms with E-state index in [4.69, 9.17) is 0 Å². The molecular formula is C13H15BrN2O2. The lowest BCUT2D eigenvalue weighted by atomic mass is 9.98. The van der Waals surface area contributed by atoms with Crippen LogP contribution in [-0.4, -0.2) is 18.4 Å². The molecule has 2 amide bonds. The molecule has 0 bridgehead atoms. The molecule has 2 N–H and O–H groups in total. The molecule has 5 heteroatoms. The Labute approximate surface area is 114 Å². The number of hydrogen-bond acceptors (Lipinski definition) is 2. The largest absolute Gasteiger partial charge is 0.355 e. The van der Waals surface area contributed by atoms with Gasteiger partial charge in [-0.25, -0.2) is 0 Å². The SMILES string of the molecule is O=C1CCC(C(=O)NCc2ccc(Br)cc2)CN1. The Morgan fingerprint density at radius 2 is 2.11 bits per heavy atom. The van der Waals surface area contributed by atoms with Gasteiger partial charge in [0.15, 0.2) is 0 Å². The second kappa shape index (κ2) is 6.00. The van der Waals surface area contributed by atoms with Crippen molar-refractivity contribution in [3.8, 4) is 0 Å². The fraction of sp³-hybridized carbons (Fsp3) is 0.385. The van der Waals surface area contributed by atoms with Gasteiger partial charge in [0.25, 0.3) is 0 Å². The van der Waals surface area contributed by atoms with Crippen molar-refractivity contribution in [2.75, 3.05) is 6.54 Å². The van der Waals surface area contributed by atoms with Crippen LogP contribution in [0.2, 0.25) is 0 Å². The predicted octanol–water partition coefficient (Wildman–Crippen LogP) is 1.59. The predicted molar refractivity (Wildman–Crippen MR) is 71.7 cm³/mol. The molecular weight excluding hydrogens is 296 g/mol. The Morgan fingerprint density at radius 1 is 1.39 bits per heavy atom. The zero-order valence-corrected chi connectivity index (χ0v) is 11.5. The van der Waals surface area contributed by atoms with E-state index in [1.54, 1.807) is 0 Å². The molecule has 1 aromatic carbocycles. The molecule has 1 heterocycles. The number of rotatable bonds is 3. The highest BCUT2D eigenvalue weighted by atomic mass is 79.9. The van der Waals surface area contributed by atoms with Crippen LogP contribution < -0.4 is 10.6 Å². The van der Waals surface area contributed by atoms with E-state index in [0.29, 0.717) is 25.9 Å². The molecule has 0 spiro atoms. The molecule has 18 heavy (non-hydrogen) atoms. The van der Waals surface area contributed by atoms with Crippen LogP contribution in [0.15, 0.2) is 28.7 Å². The molecule has 1 unspecified atom stereocenters. The molecule has 2 rings (SSSR count). The summed E-state index contributed by atoms with van der Waals surface area (Å²) in [5.41, 5.74) is 1.06. The maximum Gasteiger partial charge on any atom is 0.225 e. The number of carbonyl (C=O) groups is 2. The molecule has 1 aromatic rings. The number of halogens is 1. The molecule has 1 atom stereocenters. The Balaban J connectivity index is 1.81. The van der Waals surface area contributed by atoms with E-state index in [0.717, 1.165) is 10.0 Å². The van der Waals surface area contributed by atoms with Crippen LogP contribution in [-0.2, 0) is 16.1 Å². The number of piperidine rings is 1. The van der Waals surface area contributed by atoms with Gasteiger partial charge >= 0.3 is 0 Å². The smallest absolute Gasteiger partial charge is 0.225 e. The van der Waals surface area contributed by atoms with Gasteiger partial charge in [-0.2, -0.15) is 0 Å². The average Bonchev–Trinajstić information content (AvgIpc) is 2.38. The van der Waals surface area contributed by atoms with Crippen LogP contribution in [0.1, 0.15) is 18.4 Å². The molecule has 1 fully saturated rings. The van der Waals surface area contributed by atoms with Gasteiger partial charge < -0.3 is 10.6 Å². The minimum absolute atomic E-state index is 0.0120. The number of carbonyl (C=O) groups excluding carboxylic acids is 2. The van der Waals surface area contributed by atoms with E-state index >= 15 is 0 Å². The molecule has 1 saturated heterocycles. The summed E-state index contributed by atoms with van der Waals surface area (Å²) >= 11 is 3.37. The second-order valence-electron chi connectivity index (χ2n) is 4.38. The van der Waals surface area contributed by atoms with Crippen molar-refractivity contribution >= 4 is 27.7 Å². The van der Waals surface area contributed by atoms with Crippen molar-refractivity contribution in [1.29, 1.82) is 0 Å². The van der Waals surface area contributed by atoms with Gasteiger partial charge in [-0.3, -0.25) is 9.59 Å². The third-order valence-corrected chi connectivity index (χ3v) is 3.54. The Kier molecular flexibility index (Phi) is 4.36. The Morgan fingerprint density at radius 3 is 2.72 bits per heavy atom. The maximum atomic E-state index is 11.9. The minimum atomic E-state index is -0.0989. The lowest BCUT2D eigenvalue weighted by Crippen LogP contribution is -2.42. The first kappa shape index (κ1) is 13.1. The number of benzene rings is 1. The summed E-state index contributed by atoms with van der Waals surface area (Å²) in [5.74, 6) is -0.0528. The van der Waals surface area contributed by atoms with Gasteiger partial charge in [0.05, 0.1) is 5.92 Å². The first-order valence-electron chi connectivity index (χ1n) is 5.94. The quantitative estimate of drug-likeness (QED) is 0.891. The highest BCUT2D eigenvalue weighted by molar-refractivity contribution is 9.10. The molecule has 4 nitrogen and oxygen atoms in total. The van der Waals surface area contributed by atoms with Crippen LogP contribution >= 0.6 is 15.9 Å². The number of hydrogen-bond donors (Lipinski definition) is 2. The highest BCUT2D eigenvalue weighted by Crippen LogP contribution is 2.12.